The molecule has 1 fully saturated rings. The van der Waals surface area contributed by atoms with Gasteiger partial charge in [0.15, 0.2) is 0 Å². The topological polar surface area (TPSA) is 101 Å². The van der Waals surface area contributed by atoms with Gasteiger partial charge >= 0.3 is 11.9 Å². The number of carbonyl (C=O) groups excluding carboxylic acids is 2. The number of carboxylic acids is 1. The van der Waals surface area contributed by atoms with E-state index in [1.54, 1.807) is 6.08 Å². The number of esters is 1. The minimum absolute atomic E-state index is 0.0317. The number of carbonyl (C=O) groups is 3. The average molecular weight is 419 g/mol. The molecule has 1 aliphatic rings. The summed E-state index contributed by atoms with van der Waals surface area (Å²) in [5.74, 6) is 0.636. The number of carboxylic acid groups (broad SMARTS) is 1. The predicted molar refractivity (Wildman–Crippen MR) is 114 cm³/mol. The lowest BCUT2D eigenvalue weighted by Gasteiger charge is -2.22. The zero-order chi connectivity index (χ0) is 22.6. The Bertz CT molecular complexity index is 686. The molecule has 0 radical (unpaired) electrons. The van der Waals surface area contributed by atoms with Gasteiger partial charge in [0.05, 0.1) is 0 Å². The Kier molecular flexibility index (Phi) is 11.1. The maximum Gasteiger partial charge on any atom is 0.303 e. The second kappa shape index (κ2) is 13.0. The largest absolute Gasteiger partial charge is 0.481 e. The van der Waals surface area contributed by atoms with Crippen molar-refractivity contribution in [1.29, 1.82) is 0 Å². The van der Waals surface area contributed by atoms with E-state index >= 15 is 0 Å². The predicted octanol–water partition coefficient (Wildman–Crippen LogP) is 3.83. The summed E-state index contributed by atoms with van der Waals surface area (Å²) in [6, 6.07) is 0. The number of ketones is 1. The zero-order valence-corrected chi connectivity index (χ0v) is 18.0. The van der Waals surface area contributed by atoms with Crippen molar-refractivity contribution in [1.82, 2.24) is 0 Å². The van der Waals surface area contributed by atoms with Crippen LogP contribution < -0.4 is 0 Å². The Hall–Kier alpha value is -2.39. The van der Waals surface area contributed by atoms with E-state index in [2.05, 4.69) is 5.92 Å². The summed E-state index contributed by atoms with van der Waals surface area (Å²) in [5.41, 5.74) is -1.22. The smallest absolute Gasteiger partial charge is 0.303 e. The number of rotatable bonds is 13. The van der Waals surface area contributed by atoms with Crippen molar-refractivity contribution in [2.45, 2.75) is 83.3 Å². The molecule has 0 heterocycles. The third kappa shape index (κ3) is 8.96. The first-order chi connectivity index (χ1) is 14.2. The molecular formula is C24H34O6. The average Bonchev–Trinajstić information content (AvgIpc) is 2.96. The number of hydrogen-bond acceptors (Lipinski definition) is 5. The van der Waals surface area contributed by atoms with Crippen LogP contribution in [-0.4, -0.2) is 39.6 Å². The standard InChI is InChI=1S/C24H34O6/c1-4-6-15-24(29,5-2)16-11-13-20-19(12-9-7-8-10-14-23(27)28)21(26)17-22(20)30-18(3)25/h2,7,9,11,13,19-20,22,29H,4,6,8,10,12,14-17H2,1,3H3,(H,27,28)/t19-,20-,22?,24?/m1/s1. The first-order valence-electron chi connectivity index (χ1n) is 10.7. The van der Waals surface area contributed by atoms with Gasteiger partial charge in [0.1, 0.15) is 17.5 Å². The van der Waals surface area contributed by atoms with Crippen molar-refractivity contribution < 1.29 is 29.3 Å². The van der Waals surface area contributed by atoms with E-state index < -0.39 is 23.6 Å². The fourth-order valence-corrected chi connectivity index (χ4v) is 3.69. The third-order valence-corrected chi connectivity index (χ3v) is 5.37. The summed E-state index contributed by atoms with van der Waals surface area (Å²) in [5, 5.41) is 19.2. The summed E-state index contributed by atoms with van der Waals surface area (Å²) in [7, 11) is 0. The minimum Gasteiger partial charge on any atom is -0.481 e. The molecule has 0 aliphatic heterocycles. The maximum absolute atomic E-state index is 12.5. The van der Waals surface area contributed by atoms with Gasteiger partial charge in [-0.15, -0.1) is 6.42 Å². The summed E-state index contributed by atoms with van der Waals surface area (Å²) >= 11 is 0. The molecule has 0 aromatic heterocycles. The first-order valence-corrected chi connectivity index (χ1v) is 10.7. The Balaban J connectivity index is 2.80. The molecule has 166 valence electrons. The van der Waals surface area contributed by atoms with E-state index in [0.29, 0.717) is 25.7 Å². The number of aliphatic carboxylic acids is 1. The number of allylic oxidation sites excluding steroid dienone is 2. The Labute approximate surface area is 179 Å². The molecule has 0 spiro atoms. The van der Waals surface area contributed by atoms with Crippen LogP contribution in [0, 0.1) is 24.2 Å². The van der Waals surface area contributed by atoms with Crippen LogP contribution in [0.3, 0.4) is 0 Å². The molecule has 30 heavy (non-hydrogen) atoms. The van der Waals surface area contributed by atoms with Crippen LogP contribution in [0.1, 0.15) is 71.6 Å². The number of ether oxygens (including phenoxy) is 1. The van der Waals surface area contributed by atoms with Gasteiger partial charge in [-0.05, 0) is 32.1 Å². The minimum atomic E-state index is -1.22. The number of Topliss-reactive ketones (excluding diaryl/α,β-unsaturated/α-hetero) is 1. The normalized spacial score (nSPS) is 23.5. The third-order valence-electron chi connectivity index (χ3n) is 5.37. The molecule has 2 unspecified atom stereocenters. The molecule has 6 nitrogen and oxygen atoms in total. The highest BCUT2D eigenvalue weighted by Gasteiger charge is 2.42. The van der Waals surface area contributed by atoms with Crippen molar-refractivity contribution >= 4 is 17.7 Å². The molecular weight excluding hydrogens is 384 g/mol. The van der Waals surface area contributed by atoms with E-state index in [4.69, 9.17) is 16.3 Å². The Morgan fingerprint density at radius 2 is 2.03 bits per heavy atom. The number of terminal acetylenes is 1. The molecule has 4 atom stereocenters. The van der Waals surface area contributed by atoms with Crippen LogP contribution in [0.2, 0.25) is 0 Å². The van der Waals surface area contributed by atoms with E-state index in [1.165, 1.54) is 6.92 Å². The van der Waals surface area contributed by atoms with E-state index in [-0.39, 0.29) is 36.9 Å². The van der Waals surface area contributed by atoms with E-state index in [0.717, 1.165) is 12.8 Å². The van der Waals surface area contributed by atoms with Gasteiger partial charge in [-0.1, -0.05) is 43.6 Å². The molecule has 1 aliphatic carbocycles. The van der Waals surface area contributed by atoms with Crippen LogP contribution in [0.4, 0.5) is 0 Å². The molecule has 6 heteroatoms. The fourth-order valence-electron chi connectivity index (χ4n) is 3.69. The van der Waals surface area contributed by atoms with Crippen LogP contribution >= 0.6 is 0 Å². The molecule has 1 rings (SSSR count). The van der Waals surface area contributed by atoms with Gasteiger partial charge in [-0.25, -0.2) is 0 Å². The molecule has 0 amide bonds. The van der Waals surface area contributed by atoms with Gasteiger partial charge in [-0.2, -0.15) is 0 Å². The summed E-state index contributed by atoms with van der Waals surface area (Å²) < 4.78 is 5.37. The van der Waals surface area contributed by atoms with Gasteiger partial charge in [-0.3, -0.25) is 14.4 Å². The quantitative estimate of drug-likeness (QED) is 0.204. The summed E-state index contributed by atoms with van der Waals surface area (Å²) in [6.45, 7) is 3.35. The van der Waals surface area contributed by atoms with E-state index in [1.807, 2.05) is 25.2 Å². The van der Waals surface area contributed by atoms with Crippen LogP contribution in [0.25, 0.3) is 0 Å². The monoisotopic (exact) mass is 418 g/mol. The van der Waals surface area contributed by atoms with Gasteiger partial charge in [0.2, 0.25) is 0 Å². The lowest BCUT2D eigenvalue weighted by molar-refractivity contribution is -0.147. The molecule has 2 N–H and O–H groups in total. The Morgan fingerprint density at radius 1 is 1.30 bits per heavy atom. The van der Waals surface area contributed by atoms with Gasteiger partial charge in [0.25, 0.3) is 0 Å². The second-order valence-electron chi connectivity index (χ2n) is 7.91. The van der Waals surface area contributed by atoms with Crippen molar-refractivity contribution in [3.05, 3.63) is 24.3 Å². The Morgan fingerprint density at radius 3 is 2.63 bits per heavy atom. The number of aliphatic hydroxyl groups is 1. The highest BCUT2D eigenvalue weighted by molar-refractivity contribution is 5.85. The van der Waals surface area contributed by atoms with Crippen LogP contribution in [-0.2, 0) is 19.1 Å². The zero-order valence-electron chi connectivity index (χ0n) is 18.0. The van der Waals surface area contributed by atoms with Gasteiger partial charge < -0.3 is 14.9 Å². The highest BCUT2D eigenvalue weighted by Crippen LogP contribution is 2.36. The van der Waals surface area contributed by atoms with Crippen molar-refractivity contribution in [2.75, 3.05) is 0 Å². The van der Waals surface area contributed by atoms with Crippen molar-refractivity contribution in [3.8, 4) is 12.3 Å². The lowest BCUT2D eigenvalue weighted by atomic mass is 9.88. The molecule has 0 bridgehead atoms. The SMILES string of the molecule is C#CC(O)(CC=C[C@H]1C(OC(C)=O)CC(=O)[C@@H]1CC=CCCCC(=O)O)CCCC. The number of hydrogen-bond donors (Lipinski definition) is 2. The van der Waals surface area contributed by atoms with Gasteiger partial charge in [0, 0.05) is 38.0 Å². The molecule has 0 aromatic carbocycles. The molecule has 1 saturated carbocycles. The second-order valence-corrected chi connectivity index (χ2v) is 7.91. The maximum atomic E-state index is 12.5. The first kappa shape index (κ1) is 25.6. The van der Waals surface area contributed by atoms with Crippen LogP contribution in [0.5, 0.6) is 0 Å². The summed E-state index contributed by atoms with van der Waals surface area (Å²) in [6.07, 6.45) is 16.9. The molecule has 0 saturated heterocycles. The van der Waals surface area contributed by atoms with Crippen molar-refractivity contribution in [3.63, 3.8) is 0 Å². The van der Waals surface area contributed by atoms with Crippen LogP contribution in [0.15, 0.2) is 24.3 Å². The fraction of sp³-hybridized carbons (Fsp3) is 0.625. The lowest BCUT2D eigenvalue weighted by Crippen LogP contribution is -2.26. The summed E-state index contributed by atoms with van der Waals surface area (Å²) in [4.78, 5) is 34.5. The molecule has 0 aromatic rings. The number of unbranched alkanes of at least 4 members (excludes halogenated alkanes) is 2. The van der Waals surface area contributed by atoms with E-state index in [9.17, 15) is 19.5 Å². The highest BCUT2D eigenvalue weighted by atomic mass is 16.5. The van der Waals surface area contributed by atoms with Crippen molar-refractivity contribution in [2.24, 2.45) is 11.8 Å².